The van der Waals surface area contributed by atoms with E-state index in [1.54, 1.807) is 29.5 Å². The molecule has 2 nitrogen and oxygen atoms in total. The molecule has 1 heterocycles. The van der Waals surface area contributed by atoms with Gasteiger partial charge in [0, 0.05) is 23.0 Å². The summed E-state index contributed by atoms with van der Waals surface area (Å²) in [5.74, 6) is -0.339. The third-order valence-corrected chi connectivity index (χ3v) is 4.68. The summed E-state index contributed by atoms with van der Waals surface area (Å²) < 4.78 is 13.6. The van der Waals surface area contributed by atoms with Gasteiger partial charge in [0.25, 0.3) is 0 Å². The summed E-state index contributed by atoms with van der Waals surface area (Å²) in [4.78, 5) is 3.48. The molecule has 4 heteroatoms. The summed E-state index contributed by atoms with van der Waals surface area (Å²) >= 11 is 1.73. The number of aliphatic hydroxyl groups is 1. The van der Waals surface area contributed by atoms with Crippen molar-refractivity contribution >= 4 is 11.3 Å². The lowest BCUT2D eigenvalue weighted by Gasteiger charge is -2.25. The van der Waals surface area contributed by atoms with E-state index >= 15 is 0 Å². The molecule has 108 valence electrons. The van der Waals surface area contributed by atoms with Crippen LogP contribution in [0, 0.1) is 5.82 Å². The maximum absolute atomic E-state index is 13.6. The van der Waals surface area contributed by atoms with Gasteiger partial charge in [0.2, 0.25) is 0 Å². The first kappa shape index (κ1) is 15.2. The number of hydrogen-bond acceptors (Lipinski definition) is 3. The normalized spacial score (nSPS) is 14.4. The average Bonchev–Trinajstić information content (AvgIpc) is 2.98. The van der Waals surface area contributed by atoms with E-state index in [9.17, 15) is 9.50 Å². The SMILES string of the molecule is CC(c1cccs1)N(C)CCC(O)c1ccccc1F. The maximum Gasteiger partial charge on any atom is 0.128 e. The van der Waals surface area contributed by atoms with E-state index in [1.807, 2.05) is 13.1 Å². The van der Waals surface area contributed by atoms with Crippen LogP contribution in [-0.4, -0.2) is 23.6 Å². The summed E-state index contributed by atoms with van der Waals surface area (Å²) in [7, 11) is 2.03. The summed E-state index contributed by atoms with van der Waals surface area (Å²) in [6.45, 7) is 2.86. The van der Waals surface area contributed by atoms with Crippen LogP contribution in [0.4, 0.5) is 4.39 Å². The first-order valence-corrected chi connectivity index (χ1v) is 7.63. The Morgan fingerprint density at radius 1 is 1.25 bits per heavy atom. The molecule has 0 amide bonds. The Balaban J connectivity index is 1.90. The van der Waals surface area contributed by atoms with Crippen molar-refractivity contribution in [3.63, 3.8) is 0 Å². The molecule has 1 aromatic heterocycles. The van der Waals surface area contributed by atoms with Gasteiger partial charge in [-0.1, -0.05) is 24.3 Å². The number of halogens is 1. The third kappa shape index (κ3) is 3.66. The first-order valence-electron chi connectivity index (χ1n) is 6.75. The lowest BCUT2D eigenvalue weighted by atomic mass is 10.1. The molecular formula is C16H20FNOS. The van der Waals surface area contributed by atoms with E-state index in [2.05, 4.69) is 23.3 Å². The first-order chi connectivity index (χ1) is 9.59. The van der Waals surface area contributed by atoms with Gasteiger partial charge in [-0.25, -0.2) is 4.39 Å². The maximum atomic E-state index is 13.6. The van der Waals surface area contributed by atoms with Gasteiger partial charge in [0.1, 0.15) is 5.82 Å². The minimum atomic E-state index is -0.755. The number of thiophene rings is 1. The van der Waals surface area contributed by atoms with E-state index in [1.165, 1.54) is 10.9 Å². The van der Waals surface area contributed by atoms with Crippen molar-refractivity contribution in [3.05, 3.63) is 58.0 Å². The number of benzene rings is 1. The van der Waals surface area contributed by atoms with Gasteiger partial charge in [-0.05, 0) is 37.9 Å². The minimum absolute atomic E-state index is 0.308. The van der Waals surface area contributed by atoms with Gasteiger partial charge in [-0.15, -0.1) is 11.3 Å². The molecule has 2 unspecified atom stereocenters. The van der Waals surface area contributed by atoms with Crippen molar-refractivity contribution in [2.24, 2.45) is 0 Å². The standard InChI is InChI=1S/C16H20FNOS/c1-12(16-8-5-11-20-16)18(2)10-9-15(19)13-6-3-4-7-14(13)17/h3-8,11-12,15,19H,9-10H2,1-2H3. The molecule has 20 heavy (non-hydrogen) atoms. The van der Waals surface area contributed by atoms with E-state index < -0.39 is 6.10 Å². The molecule has 0 fully saturated rings. The van der Waals surface area contributed by atoms with E-state index in [-0.39, 0.29) is 5.82 Å². The lowest BCUT2D eigenvalue weighted by molar-refractivity contribution is 0.136. The van der Waals surface area contributed by atoms with E-state index in [0.717, 1.165) is 0 Å². The number of aliphatic hydroxyl groups excluding tert-OH is 1. The molecule has 2 rings (SSSR count). The Labute approximate surface area is 123 Å². The van der Waals surface area contributed by atoms with Crippen LogP contribution >= 0.6 is 11.3 Å². The number of nitrogens with zero attached hydrogens (tertiary/aromatic N) is 1. The van der Waals surface area contributed by atoms with Gasteiger partial charge in [-0.2, -0.15) is 0 Å². The second-order valence-electron chi connectivity index (χ2n) is 5.00. The minimum Gasteiger partial charge on any atom is -0.388 e. The molecule has 2 atom stereocenters. The molecule has 1 N–H and O–H groups in total. The molecule has 0 aliphatic carbocycles. The third-order valence-electron chi connectivity index (χ3n) is 3.64. The highest BCUT2D eigenvalue weighted by molar-refractivity contribution is 7.10. The van der Waals surface area contributed by atoms with Crippen molar-refractivity contribution in [2.45, 2.75) is 25.5 Å². The fraction of sp³-hybridized carbons (Fsp3) is 0.375. The Morgan fingerprint density at radius 2 is 2.00 bits per heavy atom. The monoisotopic (exact) mass is 293 g/mol. The summed E-state index contributed by atoms with van der Waals surface area (Å²) in [5.41, 5.74) is 0.379. The van der Waals surface area contributed by atoms with Gasteiger partial charge in [-0.3, -0.25) is 4.90 Å². The fourth-order valence-electron chi connectivity index (χ4n) is 2.17. The Kier molecular flexibility index (Phi) is 5.29. The molecule has 1 aromatic carbocycles. The topological polar surface area (TPSA) is 23.5 Å². The predicted molar refractivity (Wildman–Crippen MR) is 81.3 cm³/mol. The zero-order chi connectivity index (χ0) is 14.5. The molecule has 0 aliphatic rings. The van der Waals surface area contributed by atoms with Crippen LogP contribution < -0.4 is 0 Å². The highest BCUT2D eigenvalue weighted by atomic mass is 32.1. The molecule has 0 radical (unpaired) electrons. The van der Waals surface area contributed by atoms with Gasteiger partial charge in [0.15, 0.2) is 0 Å². The van der Waals surface area contributed by atoms with Gasteiger partial charge >= 0.3 is 0 Å². The fourth-order valence-corrected chi connectivity index (χ4v) is 3.01. The van der Waals surface area contributed by atoms with E-state index in [0.29, 0.717) is 24.6 Å². The largest absolute Gasteiger partial charge is 0.388 e. The molecule has 0 bridgehead atoms. The van der Waals surface area contributed by atoms with Crippen LogP contribution in [0.5, 0.6) is 0 Å². The lowest BCUT2D eigenvalue weighted by Crippen LogP contribution is -2.24. The molecular weight excluding hydrogens is 273 g/mol. The summed E-state index contributed by atoms with van der Waals surface area (Å²) in [5, 5.41) is 12.2. The van der Waals surface area contributed by atoms with Crippen LogP contribution in [-0.2, 0) is 0 Å². The van der Waals surface area contributed by atoms with Crippen molar-refractivity contribution < 1.29 is 9.50 Å². The van der Waals surface area contributed by atoms with Crippen molar-refractivity contribution in [1.29, 1.82) is 0 Å². The van der Waals surface area contributed by atoms with Crippen molar-refractivity contribution in [2.75, 3.05) is 13.6 Å². The smallest absolute Gasteiger partial charge is 0.128 e. The molecule has 2 aromatic rings. The predicted octanol–water partition coefficient (Wildman–Crippen LogP) is 4.00. The molecule has 0 saturated carbocycles. The van der Waals surface area contributed by atoms with Crippen LogP contribution in [0.1, 0.15) is 35.9 Å². The van der Waals surface area contributed by atoms with Crippen LogP contribution in [0.15, 0.2) is 41.8 Å². The Bertz CT molecular complexity index is 529. The van der Waals surface area contributed by atoms with Crippen LogP contribution in [0.25, 0.3) is 0 Å². The van der Waals surface area contributed by atoms with E-state index in [4.69, 9.17) is 0 Å². The summed E-state index contributed by atoms with van der Waals surface area (Å²) in [6, 6.07) is 10.9. The number of rotatable bonds is 6. The Hall–Kier alpha value is -1.23. The Morgan fingerprint density at radius 3 is 2.65 bits per heavy atom. The zero-order valence-electron chi connectivity index (χ0n) is 11.8. The van der Waals surface area contributed by atoms with Crippen LogP contribution in [0.3, 0.4) is 0 Å². The van der Waals surface area contributed by atoms with Crippen molar-refractivity contribution in [1.82, 2.24) is 4.90 Å². The summed E-state index contributed by atoms with van der Waals surface area (Å²) in [6.07, 6.45) is -0.234. The quantitative estimate of drug-likeness (QED) is 0.870. The second-order valence-corrected chi connectivity index (χ2v) is 5.98. The number of hydrogen-bond donors (Lipinski definition) is 1. The van der Waals surface area contributed by atoms with Gasteiger partial charge < -0.3 is 5.11 Å². The highest BCUT2D eigenvalue weighted by Crippen LogP contribution is 2.25. The molecule has 0 aliphatic heterocycles. The van der Waals surface area contributed by atoms with Crippen molar-refractivity contribution in [3.8, 4) is 0 Å². The molecule has 0 saturated heterocycles. The zero-order valence-corrected chi connectivity index (χ0v) is 12.6. The van der Waals surface area contributed by atoms with Crippen LogP contribution in [0.2, 0.25) is 0 Å². The average molecular weight is 293 g/mol. The molecule has 0 spiro atoms. The second kappa shape index (κ2) is 6.97. The highest BCUT2D eigenvalue weighted by Gasteiger charge is 2.16. The van der Waals surface area contributed by atoms with Gasteiger partial charge in [0.05, 0.1) is 6.10 Å².